The molecule has 4 nitrogen and oxygen atoms in total. The predicted molar refractivity (Wildman–Crippen MR) is 109 cm³/mol. The normalized spacial score (nSPS) is 15.2. The first-order valence-corrected chi connectivity index (χ1v) is 11.9. The van der Waals surface area contributed by atoms with Crippen LogP contribution in [0, 0.1) is 13.8 Å². The molecule has 2 unspecified atom stereocenters. The van der Waals surface area contributed by atoms with E-state index in [9.17, 15) is 17.4 Å². The summed E-state index contributed by atoms with van der Waals surface area (Å²) in [6.07, 6.45) is -1.91. The number of nitrogens with zero attached hydrogens (tertiary/aromatic N) is 3. The molecule has 0 aliphatic rings. The van der Waals surface area contributed by atoms with Crippen molar-refractivity contribution < 1.29 is 17.4 Å². The van der Waals surface area contributed by atoms with Crippen LogP contribution < -0.4 is 0 Å². The van der Waals surface area contributed by atoms with Crippen molar-refractivity contribution in [3.8, 4) is 10.6 Å². The molecule has 2 atom stereocenters. The highest BCUT2D eigenvalue weighted by Crippen LogP contribution is 2.38. The average molecular weight is 446 g/mol. The van der Waals surface area contributed by atoms with Crippen LogP contribution in [-0.4, -0.2) is 20.4 Å². The van der Waals surface area contributed by atoms with Crippen molar-refractivity contribution in [1.82, 2.24) is 9.97 Å². The lowest BCUT2D eigenvalue weighted by Crippen LogP contribution is -2.11. The molecule has 0 radical (unpaired) electrons. The second kappa shape index (κ2) is 7.57. The Morgan fingerprint density at radius 1 is 1.21 bits per heavy atom. The Balaban J connectivity index is 1.93. The molecule has 0 saturated carbocycles. The Labute approximate surface area is 169 Å². The molecule has 0 amide bonds. The van der Waals surface area contributed by atoms with E-state index in [1.54, 1.807) is 18.3 Å². The SMILES string of the molecule is Cc1ccsc1-c1nc(N=S(C)(=O)C(C)c2ccc(C(F)(F)F)nc2)sc1C. The highest BCUT2D eigenvalue weighted by Gasteiger charge is 2.32. The van der Waals surface area contributed by atoms with Crippen molar-refractivity contribution in [2.45, 2.75) is 32.2 Å². The zero-order valence-electron chi connectivity index (χ0n) is 15.6. The van der Waals surface area contributed by atoms with Gasteiger partial charge in [0.2, 0.25) is 5.13 Å². The third-order valence-electron chi connectivity index (χ3n) is 4.32. The molecule has 0 N–H and O–H groups in total. The zero-order chi connectivity index (χ0) is 20.7. The molecular weight excluding hydrogens is 427 g/mol. The van der Waals surface area contributed by atoms with Gasteiger partial charge in [-0.05, 0) is 49.4 Å². The van der Waals surface area contributed by atoms with Crippen molar-refractivity contribution in [3.63, 3.8) is 0 Å². The monoisotopic (exact) mass is 445 g/mol. The van der Waals surface area contributed by atoms with Gasteiger partial charge in [0.15, 0.2) is 0 Å². The number of hydrogen-bond acceptors (Lipinski definition) is 6. The van der Waals surface area contributed by atoms with Gasteiger partial charge in [-0.3, -0.25) is 4.98 Å². The van der Waals surface area contributed by atoms with Crippen LogP contribution >= 0.6 is 22.7 Å². The molecule has 3 rings (SSSR count). The fourth-order valence-corrected chi connectivity index (χ4v) is 5.99. The molecule has 3 heterocycles. The number of thiophene rings is 1. The molecule has 0 aliphatic heterocycles. The molecule has 0 saturated heterocycles. The van der Waals surface area contributed by atoms with Gasteiger partial charge in [-0.15, -0.1) is 11.3 Å². The average Bonchev–Trinajstić information content (AvgIpc) is 3.18. The molecular formula is C18H18F3N3OS3. The van der Waals surface area contributed by atoms with Crippen molar-refractivity contribution in [3.05, 3.63) is 51.5 Å². The number of aromatic nitrogens is 2. The van der Waals surface area contributed by atoms with Crippen LogP contribution in [0.2, 0.25) is 0 Å². The molecule has 3 aromatic heterocycles. The number of hydrogen-bond donors (Lipinski definition) is 0. The van der Waals surface area contributed by atoms with Crippen LogP contribution in [0.25, 0.3) is 10.6 Å². The van der Waals surface area contributed by atoms with Gasteiger partial charge in [0.05, 0.1) is 25.6 Å². The maximum absolute atomic E-state index is 13.2. The lowest BCUT2D eigenvalue weighted by molar-refractivity contribution is -0.141. The predicted octanol–water partition coefficient (Wildman–Crippen LogP) is 6.39. The fourth-order valence-electron chi connectivity index (χ4n) is 2.55. The fraction of sp³-hybridized carbons (Fsp3) is 0.333. The minimum atomic E-state index is -4.51. The van der Waals surface area contributed by atoms with Crippen molar-refractivity contribution in [1.29, 1.82) is 0 Å². The summed E-state index contributed by atoms with van der Waals surface area (Å²) in [5.41, 5.74) is 1.41. The van der Waals surface area contributed by atoms with E-state index in [0.29, 0.717) is 10.7 Å². The van der Waals surface area contributed by atoms with Gasteiger partial charge in [0.25, 0.3) is 0 Å². The van der Waals surface area contributed by atoms with Crippen LogP contribution in [0.1, 0.15) is 33.9 Å². The Hall–Kier alpha value is -1.78. The van der Waals surface area contributed by atoms with Gasteiger partial charge in [-0.2, -0.15) is 17.5 Å². The van der Waals surface area contributed by atoms with Crippen LogP contribution in [0.3, 0.4) is 0 Å². The van der Waals surface area contributed by atoms with Crippen LogP contribution in [0.15, 0.2) is 34.1 Å². The molecule has 0 aromatic carbocycles. The summed E-state index contributed by atoms with van der Waals surface area (Å²) in [6, 6.07) is 4.21. The van der Waals surface area contributed by atoms with Gasteiger partial charge in [-0.1, -0.05) is 17.4 Å². The molecule has 0 fully saturated rings. The first-order chi connectivity index (χ1) is 13.0. The van der Waals surface area contributed by atoms with Gasteiger partial charge in [0, 0.05) is 17.3 Å². The molecule has 0 bridgehead atoms. The zero-order valence-corrected chi connectivity index (χ0v) is 18.0. The first-order valence-electron chi connectivity index (χ1n) is 8.25. The van der Waals surface area contributed by atoms with Gasteiger partial charge >= 0.3 is 6.18 Å². The summed E-state index contributed by atoms with van der Waals surface area (Å²) in [6.45, 7) is 5.61. The molecule has 10 heteroatoms. The first kappa shape index (κ1) is 20.9. The van der Waals surface area contributed by atoms with E-state index in [4.69, 9.17) is 0 Å². The second-order valence-electron chi connectivity index (χ2n) is 6.40. The minimum absolute atomic E-state index is 0.402. The largest absolute Gasteiger partial charge is 0.433 e. The molecule has 28 heavy (non-hydrogen) atoms. The number of thiazole rings is 1. The summed E-state index contributed by atoms with van der Waals surface area (Å²) in [7, 11) is -2.79. The van der Waals surface area contributed by atoms with Gasteiger partial charge < -0.3 is 0 Å². The van der Waals surface area contributed by atoms with Crippen LogP contribution in [0.4, 0.5) is 18.3 Å². The quantitative estimate of drug-likeness (QED) is 0.467. The van der Waals surface area contributed by atoms with E-state index < -0.39 is 26.8 Å². The minimum Gasteiger partial charge on any atom is -0.251 e. The molecule has 0 spiro atoms. The number of pyridine rings is 1. The van der Waals surface area contributed by atoms with Crippen LogP contribution in [-0.2, 0) is 15.9 Å². The topological polar surface area (TPSA) is 55.2 Å². The Morgan fingerprint density at radius 2 is 1.93 bits per heavy atom. The highest BCUT2D eigenvalue weighted by molar-refractivity contribution is 7.93. The molecule has 150 valence electrons. The van der Waals surface area contributed by atoms with Crippen molar-refractivity contribution in [2.24, 2.45) is 4.36 Å². The number of alkyl halides is 3. The smallest absolute Gasteiger partial charge is 0.251 e. The highest BCUT2D eigenvalue weighted by atomic mass is 32.2. The second-order valence-corrected chi connectivity index (χ2v) is 11.1. The number of rotatable bonds is 4. The molecule has 0 aliphatic carbocycles. The standard InChI is InChI=1S/C18H18F3N3OS3/c1-10-7-8-26-16(10)15-11(2)27-17(23-15)24-28(4,25)12(3)13-5-6-14(22-9-13)18(19,20)21/h5-9,12H,1-4H3. The van der Waals surface area contributed by atoms with E-state index in [0.717, 1.165) is 33.3 Å². The van der Waals surface area contributed by atoms with Crippen molar-refractivity contribution >= 4 is 37.5 Å². The lowest BCUT2D eigenvalue weighted by Gasteiger charge is -2.14. The lowest BCUT2D eigenvalue weighted by atomic mass is 10.2. The van der Waals surface area contributed by atoms with Crippen LogP contribution in [0.5, 0.6) is 0 Å². The third-order valence-corrected chi connectivity index (χ3v) is 8.45. The summed E-state index contributed by atoms with van der Waals surface area (Å²) >= 11 is 2.94. The van der Waals surface area contributed by atoms with Gasteiger partial charge in [-0.25, -0.2) is 9.19 Å². The maximum Gasteiger partial charge on any atom is 0.433 e. The summed E-state index contributed by atoms with van der Waals surface area (Å²) in [5, 5.41) is 1.79. The maximum atomic E-state index is 13.2. The van der Waals surface area contributed by atoms with Gasteiger partial charge in [0.1, 0.15) is 5.69 Å². The Kier molecular flexibility index (Phi) is 5.66. The number of halogens is 3. The molecule has 3 aromatic rings. The Morgan fingerprint density at radius 3 is 2.46 bits per heavy atom. The third kappa shape index (κ3) is 4.28. The summed E-state index contributed by atoms with van der Waals surface area (Å²) in [5.74, 6) is 0. The van der Waals surface area contributed by atoms with Crippen molar-refractivity contribution in [2.75, 3.05) is 6.26 Å². The van der Waals surface area contributed by atoms with E-state index in [1.165, 1.54) is 23.7 Å². The Bertz CT molecular complexity index is 1110. The summed E-state index contributed by atoms with van der Waals surface area (Å²) < 4.78 is 55.6. The van der Waals surface area contributed by atoms with E-state index in [2.05, 4.69) is 14.3 Å². The van der Waals surface area contributed by atoms with E-state index in [-0.39, 0.29) is 0 Å². The summed E-state index contributed by atoms with van der Waals surface area (Å²) in [4.78, 5) is 10.0. The van der Waals surface area contributed by atoms with E-state index in [1.807, 2.05) is 25.3 Å². The van der Waals surface area contributed by atoms with E-state index >= 15 is 0 Å². The number of aryl methyl sites for hydroxylation is 2.